The van der Waals surface area contributed by atoms with Gasteiger partial charge in [-0.15, -0.1) is 0 Å². The largest absolute Gasteiger partial charge is 0.276 e. The summed E-state index contributed by atoms with van der Waals surface area (Å²) >= 11 is 0. The van der Waals surface area contributed by atoms with Gasteiger partial charge in [-0.3, -0.25) is 29.7 Å². The molecule has 0 aliphatic carbocycles. The van der Waals surface area contributed by atoms with Crippen molar-refractivity contribution in [3.8, 4) is 0 Å². The number of rotatable bonds is 3. The molecule has 3 aromatic carbocycles. The predicted molar refractivity (Wildman–Crippen MR) is 151 cm³/mol. The first-order chi connectivity index (χ1) is 19.3. The Morgan fingerprint density at radius 2 is 0.538 bits per heavy atom. The highest BCUT2D eigenvalue weighted by Gasteiger charge is 2.25. The van der Waals surface area contributed by atoms with Crippen LogP contribution in [0, 0.1) is 0 Å². The van der Waals surface area contributed by atoms with Gasteiger partial charge in [-0.25, -0.2) is 15.0 Å². The average Bonchev–Trinajstić information content (AvgIpc) is 3.00. The van der Waals surface area contributed by atoms with E-state index in [0.29, 0.717) is 34.9 Å². The molecule has 0 radical (unpaired) electrons. The molecule has 3 aromatic heterocycles. The van der Waals surface area contributed by atoms with Crippen LogP contribution in [0.2, 0.25) is 0 Å². The lowest BCUT2D eigenvalue weighted by Gasteiger charge is -2.29. The highest BCUT2D eigenvalue weighted by atomic mass is 15.4. The van der Waals surface area contributed by atoms with Gasteiger partial charge in [0.25, 0.3) is 0 Å². The fourth-order valence-electron chi connectivity index (χ4n) is 4.56. The van der Waals surface area contributed by atoms with Gasteiger partial charge in [-0.1, -0.05) is 54.6 Å². The second kappa shape index (κ2) is 9.64. The van der Waals surface area contributed by atoms with Gasteiger partial charge in [0.2, 0.25) is 0 Å². The van der Waals surface area contributed by atoms with Gasteiger partial charge in [0.05, 0.1) is 37.2 Å². The molecular formula is C30H21N9. The molecule has 186 valence electrons. The number of anilines is 9. The first-order valence-electron chi connectivity index (χ1n) is 12.4. The first-order valence-corrected chi connectivity index (χ1v) is 12.4. The van der Waals surface area contributed by atoms with Crippen molar-refractivity contribution in [2.75, 3.05) is 14.7 Å². The van der Waals surface area contributed by atoms with Crippen LogP contribution in [-0.2, 0) is 0 Å². The Bertz CT molecular complexity index is 1470. The third-order valence-electron chi connectivity index (χ3n) is 6.25. The van der Waals surface area contributed by atoms with E-state index in [4.69, 9.17) is 15.0 Å². The molecule has 9 nitrogen and oxygen atoms in total. The topological polar surface area (TPSA) is 87.1 Å². The van der Waals surface area contributed by atoms with E-state index in [2.05, 4.69) is 15.0 Å². The number of hydrogen-bond donors (Lipinski definition) is 0. The van der Waals surface area contributed by atoms with Crippen LogP contribution in [0.25, 0.3) is 0 Å². The van der Waals surface area contributed by atoms with Crippen molar-refractivity contribution in [2.24, 2.45) is 0 Å². The van der Waals surface area contributed by atoms with Crippen LogP contribution in [-0.4, -0.2) is 29.9 Å². The molecule has 7 rings (SSSR count). The summed E-state index contributed by atoms with van der Waals surface area (Å²) in [6, 6.07) is 29.8. The third-order valence-corrected chi connectivity index (χ3v) is 6.25. The van der Waals surface area contributed by atoms with Crippen LogP contribution in [0.4, 0.5) is 52.0 Å². The van der Waals surface area contributed by atoms with Crippen molar-refractivity contribution in [3.05, 3.63) is 128 Å². The molecule has 0 fully saturated rings. The Kier molecular flexibility index (Phi) is 5.56. The lowest BCUT2D eigenvalue weighted by Crippen LogP contribution is -2.21. The number of aromatic nitrogens is 6. The molecule has 0 N–H and O–H groups in total. The van der Waals surface area contributed by atoms with Crippen molar-refractivity contribution < 1.29 is 0 Å². The van der Waals surface area contributed by atoms with Crippen LogP contribution in [0.5, 0.6) is 0 Å². The molecule has 0 spiro atoms. The summed E-state index contributed by atoms with van der Waals surface area (Å²) < 4.78 is 0. The molecule has 6 aromatic rings. The summed E-state index contributed by atoms with van der Waals surface area (Å²) in [4.78, 5) is 34.7. The Balaban J connectivity index is 1.55. The monoisotopic (exact) mass is 507 g/mol. The van der Waals surface area contributed by atoms with Crippen molar-refractivity contribution in [1.82, 2.24) is 29.9 Å². The van der Waals surface area contributed by atoms with Crippen molar-refractivity contribution >= 4 is 52.0 Å². The van der Waals surface area contributed by atoms with Crippen LogP contribution in [0.3, 0.4) is 0 Å². The average molecular weight is 508 g/mol. The van der Waals surface area contributed by atoms with Crippen molar-refractivity contribution in [2.45, 2.75) is 0 Å². The molecule has 39 heavy (non-hydrogen) atoms. The smallest absolute Gasteiger partial charge is 0.159 e. The van der Waals surface area contributed by atoms with Gasteiger partial charge in [-0.05, 0) is 36.4 Å². The molecule has 0 amide bonds. The summed E-state index contributed by atoms with van der Waals surface area (Å²) in [6.07, 6.45) is 10.3. The molecule has 1 aliphatic heterocycles. The number of fused-ring (bicyclic) bond motifs is 6. The van der Waals surface area contributed by atoms with Gasteiger partial charge in [0.1, 0.15) is 0 Å². The van der Waals surface area contributed by atoms with Crippen molar-refractivity contribution in [3.63, 3.8) is 0 Å². The van der Waals surface area contributed by atoms with E-state index < -0.39 is 0 Å². The SMILES string of the molecule is c1ccc(N2c3cncc(n3)N(c3ccccc3)c3cncc(n3)N(c3ccccc3)c3cncc2n3)cc1. The Hall–Kier alpha value is -5.70. The minimum absolute atomic E-state index is 0.585. The van der Waals surface area contributed by atoms with Gasteiger partial charge in [0.15, 0.2) is 34.9 Å². The molecule has 0 saturated heterocycles. The van der Waals surface area contributed by atoms with Crippen LogP contribution < -0.4 is 14.7 Å². The Morgan fingerprint density at radius 3 is 0.769 bits per heavy atom. The molecule has 0 unspecified atom stereocenters. The van der Waals surface area contributed by atoms with E-state index in [-0.39, 0.29) is 0 Å². The minimum atomic E-state index is 0.585. The fourth-order valence-corrected chi connectivity index (χ4v) is 4.56. The van der Waals surface area contributed by atoms with Crippen LogP contribution in [0.15, 0.2) is 128 Å². The molecule has 6 bridgehead atoms. The minimum Gasteiger partial charge on any atom is -0.276 e. The van der Waals surface area contributed by atoms with Gasteiger partial charge in [-0.2, -0.15) is 0 Å². The van der Waals surface area contributed by atoms with Crippen molar-refractivity contribution in [1.29, 1.82) is 0 Å². The summed E-state index contributed by atoms with van der Waals surface area (Å²) in [5, 5.41) is 0. The summed E-state index contributed by atoms with van der Waals surface area (Å²) in [5.74, 6) is 3.51. The quantitative estimate of drug-likeness (QED) is 0.257. The van der Waals surface area contributed by atoms with Gasteiger partial charge < -0.3 is 0 Å². The Morgan fingerprint density at radius 1 is 0.308 bits per heavy atom. The summed E-state index contributed by atoms with van der Waals surface area (Å²) in [5.41, 5.74) is 2.63. The standard InChI is InChI=1S/C30H21N9/c1-4-10-22(11-5-1)37-25-16-31-18-27(34-25)38(23-12-6-2-7-13-23)29-20-33-21-30(36-29)39(24-14-8-3-9-15-24)28-19-32-17-26(37)35-28/h1-21H. The number of para-hydroxylation sites is 3. The maximum absolute atomic E-state index is 5.05. The fraction of sp³-hybridized carbons (Fsp3) is 0. The molecule has 0 saturated carbocycles. The second-order valence-electron chi connectivity index (χ2n) is 8.72. The Labute approximate surface area is 224 Å². The van der Waals surface area contributed by atoms with E-state index in [0.717, 1.165) is 17.1 Å². The van der Waals surface area contributed by atoms with Crippen LogP contribution >= 0.6 is 0 Å². The zero-order valence-electron chi connectivity index (χ0n) is 20.6. The number of hydrogen-bond acceptors (Lipinski definition) is 9. The molecule has 1 aliphatic rings. The highest BCUT2D eigenvalue weighted by molar-refractivity contribution is 5.79. The summed E-state index contributed by atoms with van der Waals surface area (Å²) in [7, 11) is 0. The highest BCUT2D eigenvalue weighted by Crippen LogP contribution is 2.39. The molecule has 9 heteroatoms. The van der Waals surface area contributed by atoms with E-state index in [1.54, 1.807) is 37.2 Å². The normalized spacial score (nSPS) is 12.5. The zero-order valence-corrected chi connectivity index (χ0v) is 20.6. The number of nitrogens with zero attached hydrogens (tertiary/aromatic N) is 9. The summed E-state index contributed by atoms with van der Waals surface area (Å²) in [6.45, 7) is 0. The second-order valence-corrected chi connectivity index (χ2v) is 8.72. The van der Waals surface area contributed by atoms with Gasteiger partial charge in [0, 0.05) is 17.1 Å². The number of benzene rings is 3. The van der Waals surface area contributed by atoms with Crippen LogP contribution in [0.1, 0.15) is 0 Å². The molecule has 0 atom stereocenters. The van der Waals surface area contributed by atoms with E-state index >= 15 is 0 Å². The lowest BCUT2D eigenvalue weighted by molar-refractivity contribution is 1.000. The van der Waals surface area contributed by atoms with E-state index in [1.165, 1.54) is 0 Å². The maximum Gasteiger partial charge on any atom is 0.159 e. The molecule has 4 heterocycles. The zero-order chi connectivity index (χ0) is 26.0. The lowest BCUT2D eigenvalue weighted by atomic mass is 10.2. The van der Waals surface area contributed by atoms with E-state index in [1.807, 2.05) is 106 Å². The predicted octanol–water partition coefficient (Wildman–Crippen LogP) is 6.78. The van der Waals surface area contributed by atoms with Gasteiger partial charge >= 0.3 is 0 Å². The maximum atomic E-state index is 5.05. The molecular weight excluding hydrogens is 486 g/mol. The first kappa shape index (κ1) is 22.5. The van der Waals surface area contributed by atoms with E-state index in [9.17, 15) is 0 Å². The third kappa shape index (κ3) is 4.17.